The van der Waals surface area contributed by atoms with E-state index in [1.165, 1.54) is 6.07 Å². The number of rotatable bonds is 7. The Balaban J connectivity index is 2.90. The summed E-state index contributed by atoms with van der Waals surface area (Å²) in [6.45, 7) is 6.28. The summed E-state index contributed by atoms with van der Waals surface area (Å²) in [4.78, 5) is 0. The molecule has 0 radical (unpaired) electrons. The van der Waals surface area contributed by atoms with Crippen LogP contribution in [0.4, 0.5) is 8.78 Å². The van der Waals surface area contributed by atoms with E-state index < -0.39 is 11.6 Å². The fraction of sp³-hybridized carbons (Fsp3) is 0.429. The Morgan fingerprint density at radius 2 is 2.11 bits per heavy atom. The number of hydrogen-bond acceptors (Lipinski definition) is 1. The summed E-state index contributed by atoms with van der Waals surface area (Å²) in [6.07, 6.45) is 4.30. The predicted octanol–water partition coefficient (Wildman–Crippen LogP) is 4.63. The molecule has 0 amide bonds. The molecule has 0 aromatic heterocycles. The third kappa shape index (κ3) is 4.07. The largest absolute Gasteiger partial charge is 0.310 e. The zero-order chi connectivity index (χ0) is 13.5. The van der Waals surface area contributed by atoms with Crippen LogP contribution in [0.5, 0.6) is 0 Å². The first kappa shape index (κ1) is 15.1. The van der Waals surface area contributed by atoms with E-state index in [9.17, 15) is 8.78 Å². The van der Waals surface area contributed by atoms with Gasteiger partial charge in [0.25, 0.3) is 0 Å². The summed E-state index contributed by atoms with van der Waals surface area (Å²) in [5.41, 5.74) is 0.336. The van der Waals surface area contributed by atoms with Crippen LogP contribution in [0.3, 0.4) is 0 Å². The lowest BCUT2D eigenvalue weighted by Crippen LogP contribution is -2.22. The molecule has 1 aromatic rings. The van der Waals surface area contributed by atoms with E-state index in [0.717, 1.165) is 25.3 Å². The molecule has 1 aromatic carbocycles. The molecule has 0 aliphatic carbocycles. The first-order valence-electron chi connectivity index (χ1n) is 6.08. The van der Waals surface area contributed by atoms with Crippen LogP contribution in [0.25, 0.3) is 0 Å². The van der Waals surface area contributed by atoms with Crippen molar-refractivity contribution in [2.45, 2.75) is 32.2 Å². The summed E-state index contributed by atoms with van der Waals surface area (Å²) >= 11 is 5.55. The van der Waals surface area contributed by atoms with Gasteiger partial charge in [0.15, 0.2) is 0 Å². The van der Waals surface area contributed by atoms with Gasteiger partial charge in [-0.15, -0.1) is 6.58 Å². The molecule has 0 saturated heterocycles. The second kappa shape index (κ2) is 7.49. The van der Waals surface area contributed by atoms with Crippen LogP contribution in [-0.4, -0.2) is 6.54 Å². The Labute approximate surface area is 112 Å². The van der Waals surface area contributed by atoms with Crippen molar-refractivity contribution in [2.24, 2.45) is 0 Å². The summed E-state index contributed by atoms with van der Waals surface area (Å²) in [7, 11) is 0. The highest BCUT2D eigenvalue weighted by molar-refractivity contribution is 6.30. The summed E-state index contributed by atoms with van der Waals surface area (Å²) < 4.78 is 27.2. The fourth-order valence-corrected chi connectivity index (χ4v) is 2.04. The second-order valence-corrected chi connectivity index (χ2v) is 4.52. The van der Waals surface area contributed by atoms with E-state index in [4.69, 9.17) is 11.6 Å². The molecule has 0 spiro atoms. The van der Waals surface area contributed by atoms with Crippen molar-refractivity contribution in [1.29, 1.82) is 0 Å². The molecule has 100 valence electrons. The van der Waals surface area contributed by atoms with Crippen molar-refractivity contribution in [2.75, 3.05) is 6.54 Å². The van der Waals surface area contributed by atoms with Crippen LogP contribution >= 0.6 is 11.6 Å². The van der Waals surface area contributed by atoms with Gasteiger partial charge in [-0.05, 0) is 37.9 Å². The van der Waals surface area contributed by atoms with Gasteiger partial charge in [-0.1, -0.05) is 24.6 Å². The average molecular weight is 274 g/mol. The molecule has 0 aliphatic rings. The van der Waals surface area contributed by atoms with Gasteiger partial charge in [-0.2, -0.15) is 0 Å². The quantitative estimate of drug-likeness (QED) is 0.434. The molecular formula is C14H18ClF2N. The van der Waals surface area contributed by atoms with Crippen LogP contribution in [0.1, 0.15) is 37.8 Å². The number of halogens is 3. The molecule has 1 atom stereocenters. The van der Waals surface area contributed by atoms with E-state index in [0.29, 0.717) is 12.1 Å². The number of nitrogens with one attached hydrogen (secondary N) is 1. The van der Waals surface area contributed by atoms with E-state index in [1.54, 1.807) is 0 Å². The van der Waals surface area contributed by atoms with Crippen LogP contribution in [0.2, 0.25) is 5.02 Å². The molecule has 0 aliphatic heterocycles. The fourth-order valence-electron chi connectivity index (χ4n) is 1.89. The standard InChI is InChI=1S/C14H18ClF2N/c1-3-5-6-7-14(18-4-2)10-8-13(17)11(15)9-12(10)16/h3,8-9,14,18H,1,4-7H2,2H3. The highest BCUT2D eigenvalue weighted by atomic mass is 35.5. The van der Waals surface area contributed by atoms with Gasteiger partial charge < -0.3 is 5.32 Å². The van der Waals surface area contributed by atoms with Crippen molar-refractivity contribution in [3.63, 3.8) is 0 Å². The molecule has 1 rings (SSSR count). The molecular weight excluding hydrogens is 256 g/mol. The molecule has 0 fully saturated rings. The van der Waals surface area contributed by atoms with Gasteiger partial charge in [0.05, 0.1) is 5.02 Å². The zero-order valence-electron chi connectivity index (χ0n) is 10.5. The maximum Gasteiger partial charge on any atom is 0.142 e. The Bertz CT molecular complexity index is 407. The smallest absolute Gasteiger partial charge is 0.142 e. The maximum atomic E-state index is 13.8. The van der Waals surface area contributed by atoms with E-state index in [2.05, 4.69) is 11.9 Å². The van der Waals surface area contributed by atoms with E-state index >= 15 is 0 Å². The molecule has 1 nitrogen and oxygen atoms in total. The highest BCUT2D eigenvalue weighted by Crippen LogP contribution is 2.27. The van der Waals surface area contributed by atoms with Gasteiger partial charge in [0, 0.05) is 11.6 Å². The van der Waals surface area contributed by atoms with Crippen molar-refractivity contribution in [1.82, 2.24) is 5.32 Å². The second-order valence-electron chi connectivity index (χ2n) is 4.12. The molecule has 0 bridgehead atoms. The minimum Gasteiger partial charge on any atom is -0.310 e. The number of unbranched alkanes of at least 4 members (excludes halogenated alkanes) is 1. The number of allylic oxidation sites excluding steroid dienone is 1. The molecule has 18 heavy (non-hydrogen) atoms. The van der Waals surface area contributed by atoms with Crippen molar-refractivity contribution >= 4 is 11.6 Å². The van der Waals surface area contributed by atoms with Gasteiger partial charge in [-0.3, -0.25) is 0 Å². The summed E-state index contributed by atoms with van der Waals surface area (Å²) in [5.74, 6) is -1.05. The van der Waals surface area contributed by atoms with Gasteiger partial charge in [0.2, 0.25) is 0 Å². The molecule has 1 N–H and O–H groups in total. The lowest BCUT2D eigenvalue weighted by molar-refractivity contribution is 0.469. The Hall–Kier alpha value is -0.930. The summed E-state index contributed by atoms with van der Waals surface area (Å²) in [6, 6.07) is 2.02. The number of hydrogen-bond donors (Lipinski definition) is 1. The van der Waals surface area contributed by atoms with Crippen molar-refractivity contribution in [3.05, 3.63) is 47.0 Å². The third-order valence-corrected chi connectivity index (χ3v) is 3.06. The minimum atomic E-state index is -0.584. The highest BCUT2D eigenvalue weighted by Gasteiger charge is 2.17. The zero-order valence-corrected chi connectivity index (χ0v) is 11.2. The first-order chi connectivity index (χ1) is 8.60. The lowest BCUT2D eigenvalue weighted by Gasteiger charge is -2.19. The Morgan fingerprint density at radius 1 is 1.39 bits per heavy atom. The van der Waals surface area contributed by atoms with Crippen molar-refractivity contribution in [3.8, 4) is 0 Å². The van der Waals surface area contributed by atoms with Gasteiger partial charge in [0.1, 0.15) is 11.6 Å². The lowest BCUT2D eigenvalue weighted by atomic mass is 10.00. The Morgan fingerprint density at radius 3 is 2.72 bits per heavy atom. The van der Waals surface area contributed by atoms with Crippen LogP contribution in [0.15, 0.2) is 24.8 Å². The van der Waals surface area contributed by atoms with Crippen molar-refractivity contribution < 1.29 is 8.78 Å². The Kier molecular flexibility index (Phi) is 6.30. The monoisotopic (exact) mass is 273 g/mol. The average Bonchev–Trinajstić information content (AvgIpc) is 2.33. The van der Waals surface area contributed by atoms with Crippen LogP contribution in [-0.2, 0) is 0 Å². The predicted molar refractivity (Wildman–Crippen MR) is 71.8 cm³/mol. The minimum absolute atomic E-state index is 0.183. The molecule has 0 saturated carbocycles. The van der Waals surface area contributed by atoms with Crippen LogP contribution in [0, 0.1) is 11.6 Å². The van der Waals surface area contributed by atoms with Gasteiger partial charge in [-0.25, -0.2) is 8.78 Å². The number of benzene rings is 1. The molecule has 1 unspecified atom stereocenters. The van der Waals surface area contributed by atoms with E-state index in [-0.39, 0.29) is 11.1 Å². The SMILES string of the molecule is C=CCCCC(NCC)c1cc(F)c(Cl)cc1F. The van der Waals surface area contributed by atoms with E-state index in [1.807, 2.05) is 13.0 Å². The maximum absolute atomic E-state index is 13.8. The molecule has 0 heterocycles. The molecule has 4 heteroatoms. The van der Waals surface area contributed by atoms with Crippen LogP contribution < -0.4 is 5.32 Å². The third-order valence-electron chi connectivity index (χ3n) is 2.77. The normalized spacial score (nSPS) is 12.4. The topological polar surface area (TPSA) is 12.0 Å². The van der Waals surface area contributed by atoms with Gasteiger partial charge >= 0.3 is 0 Å². The summed E-state index contributed by atoms with van der Waals surface area (Å²) in [5, 5.41) is 2.98. The first-order valence-corrected chi connectivity index (χ1v) is 6.46.